The molecule has 7 nitrogen and oxygen atoms in total. The molecule has 0 aliphatic carbocycles. The van der Waals surface area contributed by atoms with Crippen molar-refractivity contribution in [2.24, 2.45) is 0 Å². The summed E-state index contributed by atoms with van der Waals surface area (Å²) >= 11 is 6.23. The number of aromatic nitrogens is 3. The fourth-order valence-electron chi connectivity index (χ4n) is 2.26. The molecule has 0 radical (unpaired) electrons. The second kappa shape index (κ2) is 7.44. The third-order valence-electron chi connectivity index (χ3n) is 3.87. The Balaban J connectivity index is 2.33. The molecule has 0 bridgehead atoms. The first-order valence-corrected chi connectivity index (χ1v) is 7.95. The highest BCUT2D eigenvalue weighted by Gasteiger charge is 2.28. The van der Waals surface area contributed by atoms with E-state index in [0.717, 1.165) is 5.69 Å². The second-order valence-corrected chi connectivity index (χ2v) is 5.71. The van der Waals surface area contributed by atoms with Crippen molar-refractivity contribution in [1.82, 2.24) is 19.7 Å². The van der Waals surface area contributed by atoms with Gasteiger partial charge in [-0.15, -0.1) is 0 Å². The summed E-state index contributed by atoms with van der Waals surface area (Å²) in [5.41, 5.74) is 1.24. The Morgan fingerprint density at radius 3 is 2.67 bits per heavy atom. The molecule has 0 N–H and O–H groups in total. The van der Waals surface area contributed by atoms with Crippen molar-refractivity contribution < 1.29 is 9.59 Å². The summed E-state index contributed by atoms with van der Waals surface area (Å²) in [5, 5.41) is 4.45. The van der Waals surface area contributed by atoms with Gasteiger partial charge >= 0.3 is 0 Å². The molecule has 128 valence electrons. The Hall–Kier alpha value is -2.41. The van der Waals surface area contributed by atoms with Crippen LogP contribution in [0.4, 0.5) is 5.69 Å². The second-order valence-electron chi connectivity index (χ2n) is 5.35. The van der Waals surface area contributed by atoms with Crippen molar-refractivity contribution in [3.63, 3.8) is 0 Å². The van der Waals surface area contributed by atoms with Crippen molar-refractivity contribution in [2.45, 2.75) is 26.8 Å². The first-order valence-electron chi connectivity index (χ1n) is 7.57. The SMILES string of the molecule is CCN(C(=O)C(C)N(C)C(C)=O)c1cn(-c2cccnc2)nc1Cl. The molecule has 8 heteroatoms. The van der Waals surface area contributed by atoms with E-state index in [1.165, 1.54) is 16.7 Å². The van der Waals surface area contributed by atoms with Gasteiger partial charge in [-0.3, -0.25) is 14.6 Å². The monoisotopic (exact) mass is 349 g/mol. The van der Waals surface area contributed by atoms with Crippen LogP contribution in [0.2, 0.25) is 5.15 Å². The first-order chi connectivity index (χ1) is 11.4. The topological polar surface area (TPSA) is 71.3 Å². The number of hydrogen-bond acceptors (Lipinski definition) is 4. The largest absolute Gasteiger partial charge is 0.334 e. The van der Waals surface area contributed by atoms with Crippen molar-refractivity contribution in [3.05, 3.63) is 35.9 Å². The van der Waals surface area contributed by atoms with E-state index in [0.29, 0.717) is 12.2 Å². The standard InChI is InChI=1S/C16H20ClN5O2/c1-5-21(16(24)11(2)20(4)12(3)23)14-10-22(19-15(14)17)13-7-6-8-18-9-13/h6-11H,5H2,1-4H3. The zero-order chi connectivity index (χ0) is 17.9. The molecular weight excluding hydrogens is 330 g/mol. The summed E-state index contributed by atoms with van der Waals surface area (Å²) in [6.07, 6.45) is 5.00. The lowest BCUT2D eigenvalue weighted by atomic mass is 10.2. The number of halogens is 1. The van der Waals surface area contributed by atoms with E-state index in [9.17, 15) is 9.59 Å². The maximum absolute atomic E-state index is 12.7. The summed E-state index contributed by atoms with van der Waals surface area (Å²) in [5.74, 6) is -0.396. The van der Waals surface area contributed by atoms with E-state index in [1.807, 2.05) is 13.0 Å². The van der Waals surface area contributed by atoms with E-state index in [4.69, 9.17) is 11.6 Å². The van der Waals surface area contributed by atoms with Gasteiger partial charge in [-0.1, -0.05) is 11.6 Å². The van der Waals surface area contributed by atoms with E-state index in [-0.39, 0.29) is 17.0 Å². The first kappa shape index (κ1) is 17.9. The van der Waals surface area contributed by atoms with Gasteiger partial charge in [0.15, 0.2) is 5.15 Å². The van der Waals surface area contributed by atoms with Gasteiger partial charge in [-0.05, 0) is 26.0 Å². The fourth-order valence-corrected chi connectivity index (χ4v) is 2.49. The molecule has 0 saturated heterocycles. The summed E-state index contributed by atoms with van der Waals surface area (Å²) in [6, 6.07) is 3.03. The molecular formula is C16H20ClN5O2. The van der Waals surface area contributed by atoms with Gasteiger partial charge < -0.3 is 9.80 Å². The predicted molar refractivity (Wildman–Crippen MR) is 92.3 cm³/mol. The minimum atomic E-state index is -0.597. The highest BCUT2D eigenvalue weighted by atomic mass is 35.5. The molecule has 2 aromatic heterocycles. The molecule has 0 fully saturated rings. The molecule has 2 amide bonds. The van der Waals surface area contributed by atoms with Crippen molar-refractivity contribution >= 4 is 29.1 Å². The van der Waals surface area contributed by atoms with Gasteiger partial charge in [0, 0.05) is 26.7 Å². The normalized spacial score (nSPS) is 11.9. The number of amides is 2. The lowest BCUT2D eigenvalue weighted by Gasteiger charge is -2.28. The van der Waals surface area contributed by atoms with Crippen molar-refractivity contribution in [3.8, 4) is 5.69 Å². The zero-order valence-electron chi connectivity index (χ0n) is 14.1. The van der Waals surface area contributed by atoms with Crippen LogP contribution in [0, 0.1) is 0 Å². The van der Waals surface area contributed by atoms with Gasteiger partial charge in [-0.2, -0.15) is 5.10 Å². The number of likely N-dealkylation sites (N-methyl/N-ethyl adjacent to an activating group) is 2. The van der Waals surface area contributed by atoms with Crippen LogP contribution >= 0.6 is 11.6 Å². The molecule has 0 aromatic carbocycles. The van der Waals surface area contributed by atoms with Crippen LogP contribution in [0.3, 0.4) is 0 Å². The number of carbonyl (C=O) groups excluding carboxylic acids is 2. The van der Waals surface area contributed by atoms with Crippen LogP contribution in [0.1, 0.15) is 20.8 Å². The maximum Gasteiger partial charge on any atom is 0.249 e. The van der Waals surface area contributed by atoms with Crippen LogP contribution in [0.25, 0.3) is 5.69 Å². The summed E-state index contributed by atoms with van der Waals surface area (Å²) in [6.45, 7) is 5.36. The lowest BCUT2D eigenvalue weighted by Crippen LogP contribution is -2.47. The third kappa shape index (κ3) is 3.56. The molecule has 1 atom stereocenters. The summed E-state index contributed by atoms with van der Waals surface area (Å²) in [7, 11) is 1.60. The summed E-state index contributed by atoms with van der Waals surface area (Å²) in [4.78, 5) is 31.2. The number of pyridine rings is 1. The number of hydrogen-bond donors (Lipinski definition) is 0. The molecule has 0 saturated carbocycles. The molecule has 0 aliphatic rings. The Morgan fingerprint density at radius 1 is 1.42 bits per heavy atom. The highest BCUT2D eigenvalue weighted by Crippen LogP contribution is 2.26. The maximum atomic E-state index is 12.7. The molecule has 0 spiro atoms. The third-order valence-corrected chi connectivity index (χ3v) is 4.14. The van der Waals surface area contributed by atoms with Crippen LogP contribution in [-0.2, 0) is 9.59 Å². The minimum absolute atomic E-state index is 0.177. The molecule has 2 rings (SSSR count). The van der Waals surface area contributed by atoms with Crippen LogP contribution in [0.5, 0.6) is 0 Å². The van der Waals surface area contributed by atoms with Crippen LogP contribution < -0.4 is 4.90 Å². The van der Waals surface area contributed by atoms with Crippen molar-refractivity contribution in [1.29, 1.82) is 0 Å². The lowest BCUT2D eigenvalue weighted by molar-refractivity contribution is -0.135. The highest BCUT2D eigenvalue weighted by molar-refractivity contribution is 6.32. The number of rotatable bonds is 5. The number of anilines is 1. The Kier molecular flexibility index (Phi) is 5.56. The molecule has 2 heterocycles. The number of carbonyl (C=O) groups is 2. The van der Waals surface area contributed by atoms with Gasteiger partial charge in [0.1, 0.15) is 11.7 Å². The van der Waals surface area contributed by atoms with E-state index in [2.05, 4.69) is 10.1 Å². The molecule has 0 aliphatic heterocycles. The van der Waals surface area contributed by atoms with E-state index >= 15 is 0 Å². The van der Waals surface area contributed by atoms with Crippen LogP contribution in [-0.4, -0.2) is 51.1 Å². The Morgan fingerprint density at radius 2 is 2.12 bits per heavy atom. The van der Waals surface area contributed by atoms with Gasteiger partial charge in [0.25, 0.3) is 0 Å². The van der Waals surface area contributed by atoms with Gasteiger partial charge in [-0.25, -0.2) is 4.68 Å². The van der Waals surface area contributed by atoms with Gasteiger partial charge in [0.2, 0.25) is 11.8 Å². The smallest absolute Gasteiger partial charge is 0.249 e. The average Bonchev–Trinajstić information content (AvgIpc) is 2.96. The Bertz CT molecular complexity index is 731. The average molecular weight is 350 g/mol. The zero-order valence-corrected chi connectivity index (χ0v) is 14.9. The molecule has 1 unspecified atom stereocenters. The molecule has 2 aromatic rings. The fraction of sp³-hybridized carbons (Fsp3) is 0.375. The van der Waals surface area contributed by atoms with E-state index in [1.54, 1.807) is 43.3 Å². The Labute approximate surface area is 145 Å². The minimum Gasteiger partial charge on any atom is -0.334 e. The van der Waals surface area contributed by atoms with Crippen molar-refractivity contribution in [2.75, 3.05) is 18.5 Å². The summed E-state index contributed by atoms with van der Waals surface area (Å²) < 4.78 is 1.57. The van der Waals surface area contributed by atoms with Gasteiger partial charge in [0.05, 0.1) is 18.1 Å². The predicted octanol–water partition coefficient (Wildman–Crippen LogP) is 2.14. The quantitative estimate of drug-likeness (QED) is 0.829. The molecule has 24 heavy (non-hydrogen) atoms. The number of nitrogens with zero attached hydrogens (tertiary/aromatic N) is 5. The van der Waals surface area contributed by atoms with E-state index < -0.39 is 6.04 Å². The van der Waals surface area contributed by atoms with Crippen LogP contribution in [0.15, 0.2) is 30.7 Å².